The number of hydrogen-bond donors (Lipinski definition) is 1. The Morgan fingerprint density at radius 3 is 2.45 bits per heavy atom. The Labute approximate surface area is 177 Å². The number of aryl methyl sites for hydroxylation is 1. The molecule has 1 aliphatic rings. The normalized spacial score (nSPS) is 15.2. The van der Waals surface area contributed by atoms with Gasteiger partial charge in [-0.05, 0) is 43.0 Å². The third-order valence-electron chi connectivity index (χ3n) is 4.95. The maximum absolute atomic E-state index is 12.7. The van der Waals surface area contributed by atoms with Crippen LogP contribution >= 0.6 is 11.8 Å². The minimum Gasteiger partial charge on any atom is -0.351 e. The van der Waals surface area contributed by atoms with E-state index in [0.29, 0.717) is 30.3 Å². The van der Waals surface area contributed by atoms with E-state index < -0.39 is 10.0 Å². The molecule has 0 spiro atoms. The molecule has 7 heteroatoms. The molecule has 0 saturated carbocycles. The second kappa shape index (κ2) is 10.3. The average molecular weight is 433 g/mol. The van der Waals surface area contributed by atoms with E-state index in [2.05, 4.69) is 30.4 Å². The van der Waals surface area contributed by atoms with Gasteiger partial charge in [0.2, 0.25) is 15.9 Å². The second-order valence-corrected chi connectivity index (χ2v) is 10.3. The van der Waals surface area contributed by atoms with Crippen LogP contribution in [0.15, 0.2) is 53.4 Å². The molecular weight excluding hydrogens is 404 g/mol. The number of rotatable bonds is 8. The van der Waals surface area contributed by atoms with Crippen molar-refractivity contribution in [3.05, 3.63) is 65.2 Å². The molecule has 1 amide bonds. The number of nitrogens with zero attached hydrogens (tertiary/aromatic N) is 1. The topological polar surface area (TPSA) is 66.5 Å². The van der Waals surface area contributed by atoms with Crippen LogP contribution in [0.1, 0.15) is 36.0 Å². The Morgan fingerprint density at radius 2 is 1.76 bits per heavy atom. The summed E-state index contributed by atoms with van der Waals surface area (Å²) in [6.45, 7) is 3.65. The zero-order valence-electron chi connectivity index (χ0n) is 16.8. The maximum Gasteiger partial charge on any atom is 0.243 e. The quantitative estimate of drug-likeness (QED) is 0.690. The van der Waals surface area contributed by atoms with Crippen molar-refractivity contribution in [2.45, 2.75) is 43.4 Å². The molecule has 0 aromatic heterocycles. The molecule has 0 aliphatic carbocycles. The van der Waals surface area contributed by atoms with Crippen molar-refractivity contribution in [3.63, 3.8) is 0 Å². The van der Waals surface area contributed by atoms with Crippen LogP contribution in [0, 0.1) is 6.92 Å². The first kappa shape index (κ1) is 21.9. The molecule has 2 aromatic carbocycles. The van der Waals surface area contributed by atoms with Crippen LogP contribution in [-0.2, 0) is 27.1 Å². The first-order chi connectivity index (χ1) is 13.9. The average Bonchev–Trinajstić information content (AvgIpc) is 2.73. The summed E-state index contributed by atoms with van der Waals surface area (Å²) in [5, 5.41) is 2.90. The van der Waals surface area contributed by atoms with Gasteiger partial charge in [0.25, 0.3) is 0 Å². The predicted octanol–water partition coefficient (Wildman–Crippen LogP) is 3.72. The molecule has 0 radical (unpaired) electrons. The van der Waals surface area contributed by atoms with Crippen molar-refractivity contribution in [3.8, 4) is 0 Å². The molecule has 0 unspecified atom stereocenters. The van der Waals surface area contributed by atoms with Gasteiger partial charge in [-0.15, -0.1) is 11.8 Å². The van der Waals surface area contributed by atoms with E-state index >= 15 is 0 Å². The zero-order valence-corrected chi connectivity index (χ0v) is 18.4. The summed E-state index contributed by atoms with van der Waals surface area (Å²) in [6, 6.07) is 15.1. The van der Waals surface area contributed by atoms with Crippen molar-refractivity contribution < 1.29 is 13.2 Å². The van der Waals surface area contributed by atoms with Crippen LogP contribution < -0.4 is 5.32 Å². The van der Waals surface area contributed by atoms with Gasteiger partial charge in [-0.3, -0.25) is 4.79 Å². The minimum atomic E-state index is -3.41. The summed E-state index contributed by atoms with van der Waals surface area (Å²) in [5.74, 6) is 1.18. The summed E-state index contributed by atoms with van der Waals surface area (Å²) in [4.78, 5) is 12.4. The Hall–Kier alpha value is -1.83. The highest BCUT2D eigenvalue weighted by Gasteiger charge is 2.25. The summed E-state index contributed by atoms with van der Waals surface area (Å²) >= 11 is 1.58. The van der Waals surface area contributed by atoms with Gasteiger partial charge in [-0.25, -0.2) is 8.42 Å². The van der Waals surface area contributed by atoms with Gasteiger partial charge >= 0.3 is 0 Å². The number of thioether (sulfide) groups is 1. The number of nitrogens with one attached hydrogen (secondary N) is 1. The number of piperidine rings is 1. The highest BCUT2D eigenvalue weighted by molar-refractivity contribution is 7.99. The first-order valence-electron chi connectivity index (χ1n) is 9.94. The van der Waals surface area contributed by atoms with Gasteiger partial charge in [0.05, 0.1) is 10.6 Å². The summed E-state index contributed by atoms with van der Waals surface area (Å²) in [7, 11) is -3.41. The Morgan fingerprint density at radius 1 is 1.03 bits per heavy atom. The molecule has 29 heavy (non-hydrogen) atoms. The standard InChI is InChI=1S/C22H28N2O3S2/c1-18-6-5-7-20(14-18)16-28-17-22(25)23-15-19-8-10-21(11-9-19)29(26,27)24-12-3-2-4-13-24/h5-11,14H,2-4,12-13,15-17H2,1H3,(H,23,25). The molecule has 3 rings (SSSR count). The number of amides is 1. The highest BCUT2D eigenvalue weighted by Crippen LogP contribution is 2.21. The fourth-order valence-corrected chi connectivity index (χ4v) is 5.67. The molecule has 1 saturated heterocycles. The SMILES string of the molecule is Cc1cccc(CSCC(=O)NCc2ccc(S(=O)(=O)N3CCCCC3)cc2)c1. The number of benzene rings is 2. The second-order valence-electron chi connectivity index (χ2n) is 7.37. The molecule has 1 N–H and O–H groups in total. The van der Waals surface area contributed by atoms with E-state index in [1.54, 1.807) is 40.3 Å². The highest BCUT2D eigenvalue weighted by atomic mass is 32.2. The summed E-state index contributed by atoms with van der Waals surface area (Å²) in [5.41, 5.74) is 3.33. The molecule has 5 nitrogen and oxygen atoms in total. The van der Waals surface area contributed by atoms with Crippen LogP contribution in [0.5, 0.6) is 0 Å². The molecule has 156 valence electrons. The Balaban J connectivity index is 1.45. The van der Waals surface area contributed by atoms with E-state index in [-0.39, 0.29) is 5.91 Å². The van der Waals surface area contributed by atoms with Crippen molar-refractivity contribution in [1.29, 1.82) is 0 Å². The lowest BCUT2D eigenvalue weighted by molar-refractivity contribution is -0.118. The van der Waals surface area contributed by atoms with Gasteiger partial charge in [0.1, 0.15) is 0 Å². The van der Waals surface area contributed by atoms with Crippen molar-refractivity contribution >= 4 is 27.7 Å². The first-order valence-corrected chi connectivity index (χ1v) is 12.5. The fourth-order valence-electron chi connectivity index (χ4n) is 3.35. The monoisotopic (exact) mass is 432 g/mol. The Kier molecular flexibility index (Phi) is 7.75. The van der Waals surface area contributed by atoms with Crippen molar-refractivity contribution in [1.82, 2.24) is 9.62 Å². The fraction of sp³-hybridized carbons (Fsp3) is 0.409. The maximum atomic E-state index is 12.7. The van der Waals surface area contributed by atoms with E-state index in [9.17, 15) is 13.2 Å². The lowest BCUT2D eigenvalue weighted by atomic mass is 10.2. The number of carbonyl (C=O) groups is 1. The largest absolute Gasteiger partial charge is 0.351 e. The summed E-state index contributed by atoms with van der Waals surface area (Å²) < 4.78 is 26.9. The van der Waals surface area contributed by atoms with Gasteiger partial charge in [-0.2, -0.15) is 4.31 Å². The predicted molar refractivity (Wildman–Crippen MR) is 118 cm³/mol. The lowest BCUT2D eigenvalue weighted by Crippen LogP contribution is -2.35. The molecule has 1 aliphatic heterocycles. The molecule has 1 heterocycles. The molecular formula is C22H28N2O3S2. The van der Waals surface area contributed by atoms with E-state index in [1.165, 1.54) is 11.1 Å². The number of carbonyl (C=O) groups excluding carboxylic acids is 1. The molecule has 2 aromatic rings. The lowest BCUT2D eigenvalue weighted by Gasteiger charge is -2.25. The van der Waals surface area contributed by atoms with Crippen molar-refractivity contribution in [2.24, 2.45) is 0 Å². The van der Waals surface area contributed by atoms with Gasteiger partial charge in [0.15, 0.2) is 0 Å². The number of sulfonamides is 1. The van der Waals surface area contributed by atoms with Crippen LogP contribution in [0.3, 0.4) is 0 Å². The Bertz CT molecular complexity index is 921. The van der Waals surface area contributed by atoms with E-state index in [1.807, 2.05) is 6.07 Å². The number of hydrogen-bond acceptors (Lipinski definition) is 4. The smallest absolute Gasteiger partial charge is 0.243 e. The third kappa shape index (κ3) is 6.32. The third-order valence-corrected chi connectivity index (χ3v) is 7.87. The molecule has 0 atom stereocenters. The van der Waals surface area contributed by atoms with E-state index in [4.69, 9.17) is 0 Å². The molecule has 1 fully saturated rings. The van der Waals surface area contributed by atoms with Gasteiger partial charge < -0.3 is 5.32 Å². The zero-order chi connectivity index (χ0) is 20.7. The molecule has 0 bridgehead atoms. The van der Waals surface area contributed by atoms with Crippen LogP contribution in [0.4, 0.5) is 0 Å². The van der Waals surface area contributed by atoms with Crippen LogP contribution in [0.2, 0.25) is 0 Å². The minimum absolute atomic E-state index is 0.0207. The summed E-state index contributed by atoms with van der Waals surface area (Å²) in [6.07, 6.45) is 2.93. The van der Waals surface area contributed by atoms with Crippen molar-refractivity contribution in [2.75, 3.05) is 18.8 Å². The van der Waals surface area contributed by atoms with E-state index in [0.717, 1.165) is 30.6 Å². The van der Waals surface area contributed by atoms with Crippen LogP contribution in [0.25, 0.3) is 0 Å². The van der Waals surface area contributed by atoms with Gasteiger partial charge in [0, 0.05) is 25.4 Å². The van der Waals surface area contributed by atoms with Crippen LogP contribution in [-0.4, -0.2) is 37.5 Å². The van der Waals surface area contributed by atoms with Gasteiger partial charge in [-0.1, -0.05) is 48.4 Å².